The Hall–Kier alpha value is -3.22. The van der Waals surface area contributed by atoms with Gasteiger partial charge in [-0.15, -0.1) is 0 Å². The van der Waals surface area contributed by atoms with Gasteiger partial charge in [-0.25, -0.2) is 0 Å². The van der Waals surface area contributed by atoms with Crippen LogP contribution in [-0.4, -0.2) is 56.7 Å². The summed E-state index contributed by atoms with van der Waals surface area (Å²) in [7, 11) is 3.05. The molecule has 2 aromatic rings. The number of aryl methyl sites for hydroxylation is 2. The molecule has 2 amide bonds. The number of benzene rings is 2. The molecule has 7 heteroatoms. The topological polar surface area (TPSA) is 77.1 Å². The molecule has 0 atom stereocenters. The van der Waals surface area contributed by atoms with Crippen molar-refractivity contribution in [3.05, 3.63) is 53.1 Å². The maximum atomic E-state index is 13.0. The van der Waals surface area contributed by atoms with Gasteiger partial charge in [0.2, 0.25) is 0 Å². The Kier molecular flexibility index (Phi) is 7.39. The number of ether oxygens (including phenoxy) is 3. The maximum Gasteiger partial charge on any atom is 0.257 e. The van der Waals surface area contributed by atoms with E-state index >= 15 is 0 Å². The van der Waals surface area contributed by atoms with Gasteiger partial charge in [-0.1, -0.05) is 12.1 Å². The van der Waals surface area contributed by atoms with Gasteiger partial charge in [0.05, 0.1) is 7.11 Å². The molecule has 1 N–H and O–H groups in total. The van der Waals surface area contributed by atoms with Crippen LogP contribution in [0.15, 0.2) is 36.4 Å². The highest BCUT2D eigenvalue weighted by Crippen LogP contribution is 2.29. The van der Waals surface area contributed by atoms with Crippen molar-refractivity contribution in [2.75, 3.05) is 33.9 Å². The van der Waals surface area contributed by atoms with Gasteiger partial charge >= 0.3 is 0 Å². The van der Waals surface area contributed by atoms with Crippen LogP contribution in [0.4, 0.5) is 0 Å². The van der Waals surface area contributed by atoms with E-state index in [0.29, 0.717) is 30.2 Å². The monoisotopic (exact) mass is 426 g/mol. The van der Waals surface area contributed by atoms with E-state index < -0.39 is 0 Å². The first-order valence-corrected chi connectivity index (χ1v) is 10.5. The van der Waals surface area contributed by atoms with Gasteiger partial charge in [0.25, 0.3) is 11.8 Å². The standard InChI is InChI=1S/C24H30N2O5/c1-16-5-6-17(2)21(13-16)31-19-9-11-26(12-10-19)24(28)18-7-8-20(22(14-18)29-4)30-15-23(27)25-3/h5-8,13-14,19H,9-12,15H2,1-4H3,(H,25,27). The number of hydrogen-bond donors (Lipinski definition) is 1. The zero-order chi connectivity index (χ0) is 22.4. The van der Waals surface area contributed by atoms with Gasteiger partial charge < -0.3 is 24.4 Å². The number of rotatable bonds is 7. The van der Waals surface area contributed by atoms with E-state index in [-0.39, 0.29) is 24.5 Å². The number of hydrogen-bond acceptors (Lipinski definition) is 5. The smallest absolute Gasteiger partial charge is 0.257 e. The molecule has 1 fully saturated rings. The Morgan fingerprint density at radius 3 is 2.45 bits per heavy atom. The van der Waals surface area contributed by atoms with Crippen molar-refractivity contribution in [1.29, 1.82) is 0 Å². The fourth-order valence-electron chi connectivity index (χ4n) is 3.51. The van der Waals surface area contributed by atoms with Crippen LogP contribution in [0.25, 0.3) is 0 Å². The molecule has 1 saturated heterocycles. The average Bonchev–Trinajstić information content (AvgIpc) is 2.79. The highest BCUT2D eigenvalue weighted by atomic mass is 16.5. The highest BCUT2D eigenvalue weighted by molar-refractivity contribution is 5.95. The summed E-state index contributed by atoms with van der Waals surface area (Å²) in [5.41, 5.74) is 2.82. The molecule has 166 valence electrons. The Balaban J connectivity index is 1.59. The van der Waals surface area contributed by atoms with Crippen LogP contribution in [0.3, 0.4) is 0 Å². The van der Waals surface area contributed by atoms with E-state index in [2.05, 4.69) is 30.4 Å². The predicted octanol–water partition coefficient (Wildman–Crippen LogP) is 3.12. The van der Waals surface area contributed by atoms with Crippen molar-refractivity contribution >= 4 is 11.8 Å². The van der Waals surface area contributed by atoms with Crippen LogP contribution in [0.1, 0.15) is 34.3 Å². The number of likely N-dealkylation sites (tertiary alicyclic amines) is 1. The summed E-state index contributed by atoms with van der Waals surface area (Å²) in [6.45, 7) is 5.24. The van der Waals surface area contributed by atoms with E-state index in [1.54, 1.807) is 25.2 Å². The third-order valence-corrected chi connectivity index (χ3v) is 5.41. The SMILES string of the molecule is CNC(=O)COc1ccc(C(=O)N2CCC(Oc3cc(C)ccc3C)CC2)cc1OC. The van der Waals surface area contributed by atoms with E-state index in [9.17, 15) is 9.59 Å². The van der Waals surface area contributed by atoms with Crippen LogP contribution in [0.5, 0.6) is 17.2 Å². The first-order chi connectivity index (χ1) is 14.9. The van der Waals surface area contributed by atoms with Crippen LogP contribution in [0.2, 0.25) is 0 Å². The van der Waals surface area contributed by atoms with Gasteiger partial charge in [-0.2, -0.15) is 0 Å². The van der Waals surface area contributed by atoms with E-state index in [1.165, 1.54) is 12.7 Å². The second-order valence-corrected chi connectivity index (χ2v) is 7.71. The Morgan fingerprint density at radius 2 is 1.77 bits per heavy atom. The number of amides is 2. The molecule has 0 unspecified atom stereocenters. The predicted molar refractivity (Wildman–Crippen MR) is 118 cm³/mol. The molecule has 0 bridgehead atoms. The number of likely N-dealkylation sites (N-methyl/N-ethyl adjacent to an activating group) is 1. The fraction of sp³-hybridized carbons (Fsp3) is 0.417. The highest BCUT2D eigenvalue weighted by Gasteiger charge is 2.26. The lowest BCUT2D eigenvalue weighted by atomic mass is 10.1. The Labute approximate surface area is 183 Å². The van der Waals surface area contributed by atoms with Crippen molar-refractivity contribution < 1.29 is 23.8 Å². The lowest BCUT2D eigenvalue weighted by molar-refractivity contribution is -0.122. The summed E-state index contributed by atoms with van der Waals surface area (Å²) in [6, 6.07) is 11.2. The molecule has 31 heavy (non-hydrogen) atoms. The van der Waals surface area contributed by atoms with E-state index in [4.69, 9.17) is 14.2 Å². The molecule has 7 nitrogen and oxygen atoms in total. The van der Waals surface area contributed by atoms with Crippen LogP contribution in [0, 0.1) is 13.8 Å². The lowest BCUT2D eigenvalue weighted by Gasteiger charge is -2.32. The molecule has 0 aromatic heterocycles. The summed E-state index contributed by atoms with van der Waals surface area (Å²) in [5.74, 6) is 1.46. The van der Waals surface area contributed by atoms with Gasteiger partial charge in [0.15, 0.2) is 18.1 Å². The van der Waals surface area contributed by atoms with Gasteiger partial charge in [0, 0.05) is 38.5 Å². The lowest BCUT2D eigenvalue weighted by Crippen LogP contribution is -2.41. The van der Waals surface area contributed by atoms with Crippen LogP contribution >= 0.6 is 0 Å². The summed E-state index contributed by atoms with van der Waals surface area (Å²) in [4.78, 5) is 26.2. The summed E-state index contributed by atoms with van der Waals surface area (Å²) in [6.07, 6.45) is 1.66. The Bertz CT molecular complexity index is 936. The molecule has 0 radical (unpaired) electrons. The quantitative estimate of drug-likeness (QED) is 0.736. The summed E-state index contributed by atoms with van der Waals surface area (Å²) >= 11 is 0. The minimum absolute atomic E-state index is 0.0543. The first-order valence-electron chi connectivity index (χ1n) is 10.5. The molecular weight excluding hydrogens is 396 g/mol. The molecule has 1 aliphatic heterocycles. The fourth-order valence-corrected chi connectivity index (χ4v) is 3.51. The van der Waals surface area contributed by atoms with E-state index in [0.717, 1.165) is 24.2 Å². The number of nitrogens with zero attached hydrogens (tertiary/aromatic N) is 1. The van der Waals surface area contributed by atoms with Crippen LogP contribution in [-0.2, 0) is 4.79 Å². The largest absolute Gasteiger partial charge is 0.493 e. The number of carbonyl (C=O) groups is 2. The Morgan fingerprint density at radius 1 is 1.03 bits per heavy atom. The number of piperidine rings is 1. The third kappa shape index (κ3) is 5.69. The zero-order valence-corrected chi connectivity index (χ0v) is 18.6. The normalized spacial score (nSPS) is 14.1. The molecule has 0 saturated carbocycles. The van der Waals surface area contributed by atoms with Crippen molar-refractivity contribution in [2.45, 2.75) is 32.8 Å². The number of nitrogens with one attached hydrogen (secondary N) is 1. The molecule has 3 rings (SSSR count). The van der Waals surface area contributed by atoms with Gasteiger partial charge in [0.1, 0.15) is 11.9 Å². The van der Waals surface area contributed by atoms with E-state index in [1.807, 2.05) is 11.8 Å². The van der Waals surface area contributed by atoms with Crippen molar-refractivity contribution in [2.24, 2.45) is 0 Å². The second kappa shape index (κ2) is 10.2. The van der Waals surface area contributed by atoms with Gasteiger partial charge in [-0.05, 0) is 49.2 Å². The second-order valence-electron chi connectivity index (χ2n) is 7.71. The maximum absolute atomic E-state index is 13.0. The number of methoxy groups -OCH3 is 1. The molecular formula is C24H30N2O5. The van der Waals surface area contributed by atoms with Crippen LogP contribution < -0.4 is 19.5 Å². The summed E-state index contributed by atoms with van der Waals surface area (Å²) in [5, 5.41) is 2.49. The minimum Gasteiger partial charge on any atom is -0.493 e. The minimum atomic E-state index is -0.242. The van der Waals surface area contributed by atoms with Crippen molar-refractivity contribution in [3.63, 3.8) is 0 Å². The third-order valence-electron chi connectivity index (χ3n) is 5.41. The molecule has 0 spiro atoms. The summed E-state index contributed by atoms with van der Waals surface area (Å²) < 4.78 is 17.0. The zero-order valence-electron chi connectivity index (χ0n) is 18.6. The van der Waals surface area contributed by atoms with Gasteiger partial charge in [-0.3, -0.25) is 9.59 Å². The van der Waals surface area contributed by atoms with Crippen molar-refractivity contribution in [1.82, 2.24) is 10.2 Å². The molecule has 0 aliphatic carbocycles. The molecule has 2 aromatic carbocycles. The average molecular weight is 427 g/mol. The molecule has 1 aliphatic rings. The number of carbonyl (C=O) groups excluding carboxylic acids is 2. The first kappa shape index (κ1) is 22.5. The van der Waals surface area contributed by atoms with Crippen molar-refractivity contribution in [3.8, 4) is 17.2 Å². The molecule has 1 heterocycles.